The summed E-state index contributed by atoms with van der Waals surface area (Å²) in [5, 5.41) is 20.8. The lowest BCUT2D eigenvalue weighted by molar-refractivity contribution is 0.277. The van der Waals surface area contributed by atoms with Gasteiger partial charge in [0, 0.05) is 19.8 Å². The molecule has 0 radical (unpaired) electrons. The summed E-state index contributed by atoms with van der Waals surface area (Å²) in [5.41, 5.74) is -0.237. The van der Waals surface area contributed by atoms with Gasteiger partial charge in [0.15, 0.2) is 0 Å². The van der Waals surface area contributed by atoms with E-state index in [2.05, 4.69) is 5.32 Å². The number of nitrogens with one attached hydrogen (secondary N) is 1. The zero-order valence-corrected chi connectivity index (χ0v) is 12.2. The minimum atomic E-state index is -3.33. The lowest BCUT2D eigenvalue weighted by atomic mass is 10.1. The smallest absolute Gasteiger partial charge is 0.336 e. The molecule has 0 saturated carbocycles. The third kappa shape index (κ3) is 5.33. The van der Waals surface area contributed by atoms with E-state index >= 15 is 0 Å². The van der Waals surface area contributed by atoms with Gasteiger partial charge in [-0.25, -0.2) is 0 Å². The van der Waals surface area contributed by atoms with Gasteiger partial charge in [-0.2, -0.15) is 10.5 Å². The van der Waals surface area contributed by atoms with Crippen LogP contribution in [0, 0.1) is 22.7 Å². The molecule has 100 valence electrons. The van der Waals surface area contributed by atoms with E-state index in [1.165, 1.54) is 14.2 Å². The maximum absolute atomic E-state index is 12.0. The first-order valence-electron chi connectivity index (χ1n) is 5.23. The van der Waals surface area contributed by atoms with Gasteiger partial charge < -0.3 is 14.4 Å². The van der Waals surface area contributed by atoms with Crippen molar-refractivity contribution in [2.24, 2.45) is 0 Å². The van der Waals surface area contributed by atoms with E-state index in [0.29, 0.717) is 0 Å². The zero-order valence-electron chi connectivity index (χ0n) is 11.3. The van der Waals surface area contributed by atoms with Crippen molar-refractivity contribution in [1.82, 2.24) is 5.32 Å². The molecule has 0 aliphatic heterocycles. The standard InChI is InChI=1S/C11H18N3O3P/c1-11(2,3)14-10(9(6-12)7-13)8-18(15,16-4)17-5/h14H,8H2,1-5H3. The number of rotatable bonds is 5. The first-order valence-corrected chi connectivity index (χ1v) is 6.96. The van der Waals surface area contributed by atoms with Gasteiger partial charge in [0.1, 0.15) is 17.7 Å². The molecule has 0 aliphatic rings. The van der Waals surface area contributed by atoms with Gasteiger partial charge in [0.05, 0.1) is 11.9 Å². The molecule has 0 spiro atoms. The van der Waals surface area contributed by atoms with Gasteiger partial charge in [0.2, 0.25) is 0 Å². The van der Waals surface area contributed by atoms with Crippen LogP contribution >= 0.6 is 7.60 Å². The Kier molecular flexibility index (Phi) is 6.08. The van der Waals surface area contributed by atoms with Crippen molar-refractivity contribution in [2.45, 2.75) is 26.3 Å². The second-order valence-corrected chi connectivity index (χ2v) is 6.85. The highest BCUT2D eigenvalue weighted by atomic mass is 31.2. The summed E-state index contributed by atoms with van der Waals surface area (Å²) >= 11 is 0. The first kappa shape index (κ1) is 16.7. The fraction of sp³-hybridized carbons (Fsp3) is 0.636. The fourth-order valence-electron chi connectivity index (χ4n) is 1.19. The molecule has 0 bridgehead atoms. The lowest BCUT2D eigenvalue weighted by Gasteiger charge is -2.26. The number of allylic oxidation sites excluding steroid dienone is 2. The van der Waals surface area contributed by atoms with Crippen LogP contribution in [-0.4, -0.2) is 25.9 Å². The molecule has 6 nitrogen and oxygen atoms in total. The normalized spacial score (nSPS) is 11.3. The Morgan fingerprint density at radius 1 is 1.22 bits per heavy atom. The van der Waals surface area contributed by atoms with Gasteiger partial charge in [-0.15, -0.1) is 0 Å². The zero-order chi connectivity index (χ0) is 14.4. The number of hydrogen-bond donors (Lipinski definition) is 1. The molecule has 0 aromatic heterocycles. The van der Waals surface area contributed by atoms with Crippen LogP contribution < -0.4 is 5.32 Å². The Labute approximate surface area is 108 Å². The second kappa shape index (κ2) is 6.56. The molecular formula is C11H18N3O3P. The second-order valence-electron chi connectivity index (χ2n) is 4.59. The Bertz CT molecular complexity index is 428. The Morgan fingerprint density at radius 2 is 1.67 bits per heavy atom. The molecule has 0 fully saturated rings. The van der Waals surface area contributed by atoms with Crippen LogP contribution in [0.15, 0.2) is 11.3 Å². The summed E-state index contributed by atoms with van der Waals surface area (Å²) < 4.78 is 21.7. The van der Waals surface area contributed by atoms with Crippen molar-refractivity contribution in [3.63, 3.8) is 0 Å². The summed E-state index contributed by atoms with van der Waals surface area (Å²) in [4.78, 5) is 0. The van der Waals surface area contributed by atoms with Gasteiger partial charge in [-0.3, -0.25) is 4.57 Å². The first-order chi connectivity index (χ1) is 8.21. The highest BCUT2D eigenvalue weighted by molar-refractivity contribution is 7.54. The quantitative estimate of drug-likeness (QED) is 0.608. The van der Waals surface area contributed by atoms with E-state index < -0.39 is 7.60 Å². The van der Waals surface area contributed by atoms with Crippen LogP contribution in [0.2, 0.25) is 0 Å². The maximum Gasteiger partial charge on any atom is 0.336 e. The topological polar surface area (TPSA) is 95.1 Å². The minimum absolute atomic E-state index is 0.126. The molecule has 0 atom stereocenters. The molecular weight excluding hydrogens is 253 g/mol. The molecule has 0 heterocycles. The lowest BCUT2D eigenvalue weighted by Crippen LogP contribution is -2.37. The summed E-state index contributed by atoms with van der Waals surface area (Å²) in [6.45, 7) is 5.59. The van der Waals surface area contributed by atoms with Crippen LogP contribution in [0.4, 0.5) is 0 Å². The molecule has 0 aromatic rings. The molecule has 0 aliphatic carbocycles. The molecule has 0 unspecified atom stereocenters. The SMILES string of the molecule is COP(=O)(CC(NC(C)(C)C)=C(C#N)C#N)OC. The highest BCUT2D eigenvalue weighted by Gasteiger charge is 2.27. The van der Waals surface area contributed by atoms with Gasteiger partial charge in [-0.05, 0) is 20.8 Å². The molecule has 7 heteroatoms. The Balaban J connectivity index is 5.42. The van der Waals surface area contributed by atoms with Crippen LogP contribution in [-0.2, 0) is 13.6 Å². The molecule has 0 saturated heterocycles. The van der Waals surface area contributed by atoms with Crippen LogP contribution in [0.5, 0.6) is 0 Å². The fourth-order valence-corrected chi connectivity index (χ4v) is 2.22. The van der Waals surface area contributed by atoms with E-state index in [1.807, 2.05) is 20.8 Å². The van der Waals surface area contributed by atoms with Crippen LogP contribution in [0.1, 0.15) is 20.8 Å². The minimum Gasteiger partial charge on any atom is -0.382 e. The van der Waals surface area contributed by atoms with Gasteiger partial charge in [-0.1, -0.05) is 0 Å². The van der Waals surface area contributed by atoms with Crippen molar-refractivity contribution in [2.75, 3.05) is 20.4 Å². The van der Waals surface area contributed by atoms with Crippen molar-refractivity contribution >= 4 is 7.60 Å². The predicted octanol–water partition coefficient (Wildman–Crippen LogP) is 2.16. The molecule has 18 heavy (non-hydrogen) atoms. The van der Waals surface area contributed by atoms with E-state index in [-0.39, 0.29) is 23.0 Å². The largest absolute Gasteiger partial charge is 0.382 e. The van der Waals surface area contributed by atoms with Crippen LogP contribution in [0.25, 0.3) is 0 Å². The summed E-state index contributed by atoms with van der Waals surface area (Å²) in [5.74, 6) is 0. The number of nitrogens with zero attached hydrogens (tertiary/aromatic N) is 2. The van der Waals surface area contributed by atoms with Crippen molar-refractivity contribution in [3.05, 3.63) is 11.3 Å². The average Bonchev–Trinajstić information content (AvgIpc) is 2.28. The Hall–Kier alpha value is -1.33. The van der Waals surface area contributed by atoms with E-state index in [4.69, 9.17) is 19.6 Å². The summed E-state index contributed by atoms with van der Waals surface area (Å²) in [6.07, 6.45) is -0.145. The van der Waals surface area contributed by atoms with Crippen molar-refractivity contribution < 1.29 is 13.6 Å². The van der Waals surface area contributed by atoms with Gasteiger partial charge >= 0.3 is 7.60 Å². The maximum atomic E-state index is 12.0. The van der Waals surface area contributed by atoms with Gasteiger partial charge in [0.25, 0.3) is 0 Å². The highest BCUT2D eigenvalue weighted by Crippen LogP contribution is 2.48. The van der Waals surface area contributed by atoms with E-state index in [0.717, 1.165) is 0 Å². The third-order valence-corrected chi connectivity index (χ3v) is 3.78. The average molecular weight is 271 g/mol. The van der Waals surface area contributed by atoms with E-state index in [9.17, 15) is 4.57 Å². The summed E-state index contributed by atoms with van der Waals surface area (Å²) in [6, 6.07) is 3.54. The predicted molar refractivity (Wildman–Crippen MR) is 67.6 cm³/mol. The summed E-state index contributed by atoms with van der Waals surface area (Å²) in [7, 11) is -0.804. The molecule has 0 rings (SSSR count). The number of hydrogen-bond acceptors (Lipinski definition) is 6. The Morgan fingerprint density at radius 3 is 1.94 bits per heavy atom. The molecule has 0 amide bonds. The number of nitriles is 2. The van der Waals surface area contributed by atoms with Crippen LogP contribution in [0.3, 0.4) is 0 Å². The molecule has 0 aromatic carbocycles. The van der Waals surface area contributed by atoms with Crippen molar-refractivity contribution in [1.29, 1.82) is 10.5 Å². The monoisotopic (exact) mass is 271 g/mol. The van der Waals surface area contributed by atoms with Crippen molar-refractivity contribution in [3.8, 4) is 12.1 Å². The molecule has 1 N–H and O–H groups in total. The third-order valence-electron chi connectivity index (χ3n) is 1.96. The van der Waals surface area contributed by atoms with E-state index in [1.54, 1.807) is 12.1 Å².